The fraction of sp³-hybridized carbons (Fsp3) is 0.455. The van der Waals surface area contributed by atoms with E-state index >= 15 is 0 Å². The van der Waals surface area contributed by atoms with Crippen LogP contribution < -0.4 is 5.32 Å². The zero-order valence-electron chi connectivity index (χ0n) is 9.60. The molecule has 0 aliphatic rings. The summed E-state index contributed by atoms with van der Waals surface area (Å²) in [6, 6.07) is 4.11. The highest BCUT2D eigenvalue weighted by Gasteiger charge is 2.06. The molecule has 2 heterocycles. The van der Waals surface area contributed by atoms with Gasteiger partial charge in [-0.25, -0.2) is 0 Å². The van der Waals surface area contributed by atoms with Crippen molar-refractivity contribution >= 4 is 0 Å². The fourth-order valence-corrected chi connectivity index (χ4v) is 1.57. The van der Waals surface area contributed by atoms with Gasteiger partial charge in [0, 0.05) is 18.4 Å². The van der Waals surface area contributed by atoms with E-state index in [0.717, 1.165) is 13.1 Å². The number of aryl methyl sites for hydroxylation is 1. The first-order valence-corrected chi connectivity index (χ1v) is 5.43. The molecule has 5 nitrogen and oxygen atoms in total. The topological polar surface area (TPSA) is 55.9 Å². The molecule has 0 unspecified atom stereocenters. The van der Waals surface area contributed by atoms with Crippen molar-refractivity contribution in [2.75, 3.05) is 6.54 Å². The lowest BCUT2D eigenvalue weighted by molar-refractivity contribution is 0.366. The molecule has 0 radical (unpaired) electrons. The smallest absolute Gasteiger partial charge is 0.246 e. The molecule has 0 bridgehead atoms. The molecule has 16 heavy (non-hydrogen) atoms. The van der Waals surface area contributed by atoms with Crippen molar-refractivity contribution in [3.05, 3.63) is 35.7 Å². The third kappa shape index (κ3) is 2.49. The first-order chi connectivity index (χ1) is 7.79. The van der Waals surface area contributed by atoms with Crippen molar-refractivity contribution in [1.29, 1.82) is 0 Å². The minimum Gasteiger partial charge on any atom is -0.341 e. The van der Waals surface area contributed by atoms with E-state index in [4.69, 9.17) is 4.52 Å². The summed E-state index contributed by atoms with van der Waals surface area (Å²) in [5.74, 6) is 1.32. The second-order valence-corrected chi connectivity index (χ2v) is 3.64. The van der Waals surface area contributed by atoms with E-state index in [-0.39, 0.29) is 0 Å². The predicted molar refractivity (Wildman–Crippen MR) is 59.9 cm³/mol. The molecule has 0 spiro atoms. The van der Waals surface area contributed by atoms with Gasteiger partial charge in [0.05, 0.1) is 0 Å². The summed E-state index contributed by atoms with van der Waals surface area (Å²) in [7, 11) is 0. The van der Waals surface area contributed by atoms with Crippen LogP contribution in [-0.4, -0.2) is 21.3 Å². The Bertz CT molecular complexity index is 446. The standard InChI is InChI=1S/C11H16N4O/c1-3-12-7-10-5-4-6-15(10)8-11-13-9(2)14-16-11/h4-6,12H,3,7-8H2,1-2H3. The van der Waals surface area contributed by atoms with Crippen LogP contribution in [0.5, 0.6) is 0 Å². The molecule has 0 fully saturated rings. The molecule has 0 aliphatic heterocycles. The summed E-state index contributed by atoms with van der Waals surface area (Å²) in [5.41, 5.74) is 1.22. The van der Waals surface area contributed by atoms with E-state index < -0.39 is 0 Å². The predicted octanol–water partition coefficient (Wildman–Crippen LogP) is 1.34. The maximum Gasteiger partial charge on any atom is 0.246 e. The minimum atomic E-state index is 0.633. The molecule has 86 valence electrons. The molecule has 0 atom stereocenters. The number of hydrogen-bond donors (Lipinski definition) is 1. The van der Waals surface area contributed by atoms with E-state index in [1.807, 2.05) is 19.2 Å². The van der Waals surface area contributed by atoms with Crippen LogP contribution >= 0.6 is 0 Å². The quantitative estimate of drug-likeness (QED) is 0.826. The van der Waals surface area contributed by atoms with Crippen LogP contribution in [0.4, 0.5) is 0 Å². The van der Waals surface area contributed by atoms with Gasteiger partial charge in [-0.15, -0.1) is 0 Å². The molecular weight excluding hydrogens is 204 g/mol. The molecule has 0 amide bonds. The van der Waals surface area contributed by atoms with Gasteiger partial charge in [0.2, 0.25) is 5.89 Å². The zero-order chi connectivity index (χ0) is 11.4. The van der Waals surface area contributed by atoms with Gasteiger partial charge < -0.3 is 14.4 Å². The second kappa shape index (κ2) is 4.94. The van der Waals surface area contributed by atoms with Gasteiger partial charge >= 0.3 is 0 Å². The molecule has 0 saturated heterocycles. The third-order valence-corrected chi connectivity index (χ3v) is 2.35. The Kier molecular flexibility index (Phi) is 3.36. The van der Waals surface area contributed by atoms with Gasteiger partial charge in [0.15, 0.2) is 5.82 Å². The van der Waals surface area contributed by atoms with Crippen LogP contribution in [0, 0.1) is 6.92 Å². The van der Waals surface area contributed by atoms with Gasteiger partial charge in [0.25, 0.3) is 0 Å². The highest BCUT2D eigenvalue weighted by molar-refractivity contribution is 5.08. The number of nitrogens with zero attached hydrogens (tertiary/aromatic N) is 3. The van der Waals surface area contributed by atoms with Crippen molar-refractivity contribution in [3.63, 3.8) is 0 Å². The summed E-state index contributed by atoms with van der Waals surface area (Å²) in [4.78, 5) is 4.19. The normalized spacial score (nSPS) is 10.9. The van der Waals surface area contributed by atoms with Gasteiger partial charge in [-0.3, -0.25) is 0 Å². The van der Waals surface area contributed by atoms with Crippen LogP contribution in [0.25, 0.3) is 0 Å². The Morgan fingerprint density at radius 3 is 3.06 bits per heavy atom. The molecule has 2 aromatic rings. The van der Waals surface area contributed by atoms with E-state index in [9.17, 15) is 0 Å². The summed E-state index contributed by atoms with van der Waals surface area (Å²) in [5, 5.41) is 7.07. The second-order valence-electron chi connectivity index (χ2n) is 3.64. The number of hydrogen-bond acceptors (Lipinski definition) is 4. The molecule has 2 aromatic heterocycles. The van der Waals surface area contributed by atoms with Gasteiger partial charge in [0.1, 0.15) is 6.54 Å². The maximum atomic E-state index is 5.09. The lowest BCUT2D eigenvalue weighted by Crippen LogP contribution is -2.15. The third-order valence-electron chi connectivity index (χ3n) is 2.35. The average Bonchev–Trinajstić information content (AvgIpc) is 2.86. The minimum absolute atomic E-state index is 0.633. The SMILES string of the molecule is CCNCc1cccn1Cc1nc(C)no1. The average molecular weight is 220 g/mol. The highest BCUT2D eigenvalue weighted by Crippen LogP contribution is 2.06. The Balaban J connectivity index is 2.06. The highest BCUT2D eigenvalue weighted by atomic mass is 16.5. The summed E-state index contributed by atoms with van der Waals surface area (Å²) >= 11 is 0. The molecule has 1 N–H and O–H groups in total. The first kappa shape index (κ1) is 10.9. The Morgan fingerprint density at radius 2 is 2.38 bits per heavy atom. The van der Waals surface area contributed by atoms with Crippen molar-refractivity contribution in [1.82, 2.24) is 20.0 Å². The largest absolute Gasteiger partial charge is 0.341 e. The van der Waals surface area contributed by atoms with Crippen LogP contribution in [0.3, 0.4) is 0 Å². The van der Waals surface area contributed by atoms with Gasteiger partial charge in [-0.05, 0) is 25.6 Å². The van der Waals surface area contributed by atoms with Crippen LogP contribution in [0.2, 0.25) is 0 Å². The zero-order valence-corrected chi connectivity index (χ0v) is 9.60. The Hall–Kier alpha value is -1.62. The Morgan fingerprint density at radius 1 is 1.50 bits per heavy atom. The molecular formula is C11H16N4O. The van der Waals surface area contributed by atoms with Gasteiger partial charge in [-0.1, -0.05) is 12.1 Å². The van der Waals surface area contributed by atoms with E-state index in [1.54, 1.807) is 0 Å². The van der Waals surface area contributed by atoms with Gasteiger partial charge in [-0.2, -0.15) is 4.98 Å². The van der Waals surface area contributed by atoms with Crippen molar-refractivity contribution in [2.45, 2.75) is 26.9 Å². The van der Waals surface area contributed by atoms with E-state index in [0.29, 0.717) is 18.3 Å². The van der Waals surface area contributed by atoms with Crippen LogP contribution in [0.1, 0.15) is 24.3 Å². The molecule has 2 rings (SSSR count). The number of nitrogens with one attached hydrogen (secondary N) is 1. The monoisotopic (exact) mass is 220 g/mol. The van der Waals surface area contributed by atoms with E-state index in [2.05, 4.69) is 33.0 Å². The fourth-order valence-electron chi connectivity index (χ4n) is 1.57. The summed E-state index contributed by atoms with van der Waals surface area (Å²) < 4.78 is 7.20. The lowest BCUT2D eigenvalue weighted by atomic mass is 10.4. The number of rotatable bonds is 5. The first-order valence-electron chi connectivity index (χ1n) is 5.43. The molecule has 5 heteroatoms. The summed E-state index contributed by atoms with van der Waals surface area (Å²) in [6.45, 7) is 6.37. The van der Waals surface area contributed by atoms with E-state index in [1.165, 1.54) is 5.69 Å². The molecule has 0 aliphatic carbocycles. The van der Waals surface area contributed by atoms with Crippen molar-refractivity contribution in [2.24, 2.45) is 0 Å². The molecule has 0 saturated carbocycles. The molecule has 0 aromatic carbocycles. The van der Waals surface area contributed by atoms with Crippen LogP contribution in [-0.2, 0) is 13.1 Å². The lowest BCUT2D eigenvalue weighted by Gasteiger charge is -2.06. The van der Waals surface area contributed by atoms with Crippen LogP contribution in [0.15, 0.2) is 22.9 Å². The van der Waals surface area contributed by atoms with Crippen molar-refractivity contribution < 1.29 is 4.52 Å². The Labute approximate surface area is 94.5 Å². The number of aromatic nitrogens is 3. The summed E-state index contributed by atoms with van der Waals surface area (Å²) in [6.07, 6.45) is 2.02. The maximum absolute atomic E-state index is 5.09. The van der Waals surface area contributed by atoms with Crippen molar-refractivity contribution in [3.8, 4) is 0 Å².